The van der Waals surface area contributed by atoms with E-state index in [0.29, 0.717) is 0 Å². The number of hydrogen-bond acceptors (Lipinski definition) is 61. The van der Waals surface area contributed by atoms with Gasteiger partial charge in [-0.3, -0.25) is 9.59 Å². The second kappa shape index (κ2) is 51.2. The number of aliphatic hydroxyl groups excluding tert-OH is 37. The van der Waals surface area contributed by atoms with Crippen LogP contribution in [0.25, 0.3) is 0 Å². The van der Waals surface area contributed by atoms with E-state index in [9.17, 15) is 199 Å². The minimum atomic E-state index is -2.75. The monoisotopic (exact) mass is 2050 g/mol. The highest BCUT2D eigenvalue weighted by atomic mass is 16.8. The van der Waals surface area contributed by atoms with E-state index in [4.69, 9.17) is 104 Å². The Bertz CT molecular complexity index is 3670. The lowest BCUT2D eigenvalue weighted by Gasteiger charge is -2.51. The Hall–Kier alpha value is -3.42. The molecule has 63 heteroatoms. The van der Waals surface area contributed by atoms with Gasteiger partial charge in [0.25, 0.3) is 0 Å². The normalized spacial score (nSPS) is 49.5. The molecule has 11 heterocycles. The summed E-state index contributed by atoms with van der Waals surface area (Å²) in [6.45, 7) is -13.7. The molecule has 11 rings (SSSR count). The number of ether oxygens (including phenoxy) is 22. The highest BCUT2D eigenvalue weighted by Crippen LogP contribution is 2.42. The van der Waals surface area contributed by atoms with Gasteiger partial charge in [-0.15, -0.1) is 0 Å². The smallest absolute Gasteiger partial charge is 0.217 e. The number of hydrogen-bond donors (Lipinski definition) is 39. The van der Waals surface area contributed by atoms with Crippen LogP contribution in [0.3, 0.4) is 0 Å². The van der Waals surface area contributed by atoms with Gasteiger partial charge in [0.2, 0.25) is 11.8 Å². The predicted molar refractivity (Wildman–Crippen MR) is 420 cm³/mol. The van der Waals surface area contributed by atoms with Crippen molar-refractivity contribution in [2.75, 3.05) is 85.9 Å². The van der Waals surface area contributed by atoms with Crippen molar-refractivity contribution in [1.82, 2.24) is 10.6 Å². The molecule has 11 saturated heterocycles. The van der Waals surface area contributed by atoms with Crippen molar-refractivity contribution in [2.24, 2.45) is 0 Å². The summed E-state index contributed by atoms with van der Waals surface area (Å²) >= 11 is 0. The third kappa shape index (κ3) is 25.5. The van der Waals surface area contributed by atoms with E-state index in [2.05, 4.69) is 10.6 Å². The minimum Gasteiger partial charge on any atom is -0.394 e. The van der Waals surface area contributed by atoms with Gasteiger partial charge in [0.15, 0.2) is 69.2 Å². The fourth-order valence-electron chi connectivity index (χ4n) is 17.5. The molecule has 11 aliphatic heterocycles. The molecule has 59 atom stereocenters. The van der Waals surface area contributed by atoms with E-state index in [1.54, 1.807) is 0 Å². The zero-order valence-electron chi connectivity index (χ0n) is 73.6. The van der Waals surface area contributed by atoms with Gasteiger partial charge in [0.05, 0.1) is 91.9 Å². The highest BCUT2D eigenvalue weighted by Gasteiger charge is 2.63. The molecule has 11 aliphatic rings. The van der Waals surface area contributed by atoms with Crippen molar-refractivity contribution in [3.05, 3.63) is 0 Å². The molecule has 0 bridgehead atoms. The quantitative estimate of drug-likeness (QED) is 0.0271. The summed E-state index contributed by atoms with van der Waals surface area (Å²) in [7, 11) is 0. The first-order valence-electron chi connectivity index (χ1n) is 44.1. The Morgan fingerprint density at radius 1 is 0.245 bits per heavy atom. The third-order valence-corrected chi connectivity index (χ3v) is 25.5. The maximum absolute atomic E-state index is 13.1. The van der Waals surface area contributed by atoms with E-state index >= 15 is 0 Å². The molecule has 39 N–H and O–H groups in total. The van der Waals surface area contributed by atoms with Gasteiger partial charge in [-0.05, 0) is 0 Å². The number of carbonyl (C=O) groups excluding carboxylic acids is 2. The van der Waals surface area contributed by atoms with Crippen LogP contribution in [0.15, 0.2) is 0 Å². The largest absolute Gasteiger partial charge is 0.394 e. The standard InChI is InChI=1S/C76H130N2O61/c1-16(90)77-18(3-79)32(93)57(19(92)4-80)131-66-31(78-17(2)91)43(104)58(28(13-89)128-66)132-73-56(117)62(136-75-65(49(110)38(99)24(9-85)126-75)139-76-64(48(109)37(98)25(10-86)127-76)138-72-55(116)60(40(101)27(12-88)124-72)134-69-51(112)45(106)34(95)21(6-82)121-69)42(103)30(130-73)14-118-67-53(114)61(135-70-52(113)46(107)35(96)22(7-83)122-70)41(102)29(129-67)15-119-74-63(47(108)36(97)23(8-84)125-74)137-71-54(115)59(39(100)26(11-87)123-71)133-68-50(111)44(105)33(94)20(5-81)120-68/h18-76,79-89,92-117H,3-15H2,1-2H3,(H,77,90)(H,78,91)/t18-,19+,20+,21+,22+,23+,24+,25+,26+,27+,28+,29+,30+,31+,32+,33+,34+,35+,36+,37+,38+,39+,40+,41+,42+,43+,44-,45-,46-,47-,48-,49-,50-,51-,52-,53-,54-,55-,56-,57+,58+,59-,60-,61-,62-,63-,64-,65-,66-,67-,68+,69+,70+,71+,72+,73-,74-,75+,76+/m0/s1. The molecule has 0 spiro atoms. The number of aliphatic hydroxyl groups is 37. The van der Waals surface area contributed by atoms with Crippen molar-refractivity contribution >= 4 is 11.8 Å². The van der Waals surface area contributed by atoms with Gasteiger partial charge in [0.1, 0.15) is 287 Å². The molecule has 0 saturated carbocycles. The van der Waals surface area contributed by atoms with Crippen LogP contribution in [0.1, 0.15) is 13.8 Å². The summed E-state index contributed by atoms with van der Waals surface area (Å²) in [4.78, 5) is 25.3. The van der Waals surface area contributed by atoms with Gasteiger partial charge in [-0.2, -0.15) is 0 Å². The van der Waals surface area contributed by atoms with Crippen LogP contribution >= 0.6 is 0 Å². The lowest BCUT2D eigenvalue weighted by atomic mass is 9.94. The summed E-state index contributed by atoms with van der Waals surface area (Å²) in [5.41, 5.74) is 0. The molecule has 2 amide bonds. The number of amides is 2. The first kappa shape index (κ1) is 116. The summed E-state index contributed by atoms with van der Waals surface area (Å²) < 4.78 is 129. The second-order valence-electron chi connectivity index (χ2n) is 34.9. The fraction of sp³-hybridized carbons (Fsp3) is 0.974. The molecule has 11 fully saturated rings. The van der Waals surface area contributed by atoms with E-state index in [-0.39, 0.29) is 0 Å². The van der Waals surface area contributed by atoms with E-state index in [1.807, 2.05) is 0 Å². The Labute approximate surface area is 784 Å². The third-order valence-electron chi connectivity index (χ3n) is 25.5. The lowest BCUT2D eigenvalue weighted by molar-refractivity contribution is -0.411. The maximum atomic E-state index is 13.1. The lowest BCUT2D eigenvalue weighted by Crippen LogP contribution is -2.70. The molecular weight excluding hydrogens is 1920 g/mol. The van der Waals surface area contributed by atoms with Crippen molar-refractivity contribution in [1.29, 1.82) is 0 Å². The Morgan fingerprint density at radius 3 is 0.827 bits per heavy atom. The molecule has 0 aliphatic carbocycles. The minimum absolute atomic E-state index is 0.861. The molecule has 63 nitrogen and oxygen atoms in total. The molecule has 139 heavy (non-hydrogen) atoms. The predicted octanol–water partition coefficient (Wildman–Crippen LogP) is -27.2. The molecule has 0 aromatic heterocycles. The summed E-state index contributed by atoms with van der Waals surface area (Å²) in [5, 5.41) is 417. The molecule has 0 aromatic rings. The van der Waals surface area contributed by atoms with Crippen molar-refractivity contribution in [3.63, 3.8) is 0 Å². The summed E-state index contributed by atoms with van der Waals surface area (Å²) in [6.07, 6.45) is -129. The average molecular weight is 2050 g/mol. The SMILES string of the molecule is CC(=O)N[C@H]1[C@H](O[C@@H]([C@H](O)[C@H](CO)NC(C)=O)[C@H](O)CO)O[C@H](CO)[C@@H](O[C@@H]2O[C@H](CO[C@H]3O[C@H](CO[C@H]4O[C@H](CO)[C@@H](O)[C@H](O)[C@@H]4O[C@H]4O[C@H](CO)[C@@H](O)[C@H](O[C@H]5O[C@H](CO)[C@@H](O)[C@H](O)[C@@H]5O)[C@@H]4O)[C@@H](O)[C@H](O[C@H]4O[C@H](CO)[C@@H](O)[C@H](O)[C@@H]4O)[C@@H]3O)[C@@H](O)[C@H](O[C@H]3O[C@H](CO)[C@@H](O)[C@H](O)[C@@H]3O[C@H]3O[C@H](CO)[C@@H](O)[C@H](O)[C@@H]3O[C@H]3O[C@H](CO)[C@@H](O)[C@H](O[C@H]4O[C@H](CO)[C@@H](O)[C@H](O)[C@@H]4O)[C@@H]3O)[C@@H]2O)[C@@H]1O. The van der Waals surface area contributed by atoms with Crippen LogP contribution in [-0.2, 0) is 114 Å². The fourth-order valence-corrected chi connectivity index (χ4v) is 17.5. The van der Waals surface area contributed by atoms with Gasteiger partial charge >= 0.3 is 0 Å². The van der Waals surface area contributed by atoms with Gasteiger partial charge in [-0.25, -0.2) is 0 Å². The zero-order valence-corrected chi connectivity index (χ0v) is 73.6. The number of carbonyl (C=O) groups is 2. The summed E-state index contributed by atoms with van der Waals surface area (Å²) in [6, 6.07) is -3.81. The van der Waals surface area contributed by atoms with Gasteiger partial charge in [0, 0.05) is 13.8 Å². The van der Waals surface area contributed by atoms with Crippen LogP contribution in [0.5, 0.6) is 0 Å². The summed E-state index contributed by atoms with van der Waals surface area (Å²) in [5.74, 6) is -1.91. The van der Waals surface area contributed by atoms with Gasteiger partial charge in [-0.1, -0.05) is 0 Å². The second-order valence-corrected chi connectivity index (χ2v) is 34.9. The Kier molecular flexibility index (Phi) is 42.7. The van der Waals surface area contributed by atoms with Gasteiger partial charge < -0.3 is 304 Å². The topological polar surface area (TPSA) is 1010 Å². The highest BCUT2D eigenvalue weighted by molar-refractivity contribution is 5.73. The maximum Gasteiger partial charge on any atom is 0.217 e. The van der Waals surface area contributed by atoms with E-state index in [1.165, 1.54) is 0 Å². The van der Waals surface area contributed by atoms with Crippen LogP contribution < -0.4 is 10.6 Å². The molecule has 0 unspecified atom stereocenters. The van der Waals surface area contributed by atoms with E-state index in [0.717, 1.165) is 13.8 Å². The van der Waals surface area contributed by atoms with Crippen LogP contribution in [0.4, 0.5) is 0 Å². The molecule has 0 aromatic carbocycles. The van der Waals surface area contributed by atoms with Crippen LogP contribution in [-0.4, -0.2) is 649 Å². The molecule has 0 radical (unpaired) electrons. The van der Waals surface area contributed by atoms with Crippen molar-refractivity contribution in [3.8, 4) is 0 Å². The van der Waals surface area contributed by atoms with Crippen molar-refractivity contribution in [2.45, 2.75) is 376 Å². The average Bonchev–Trinajstić information content (AvgIpc) is 0.922. The molecular formula is C76H130N2O61. The zero-order chi connectivity index (χ0) is 102. The van der Waals surface area contributed by atoms with Crippen LogP contribution in [0.2, 0.25) is 0 Å². The van der Waals surface area contributed by atoms with Crippen molar-refractivity contribution < 1.29 is 303 Å². The first-order valence-corrected chi connectivity index (χ1v) is 44.1. The van der Waals surface area contributed by atoms with Crippen LogP contribution in [0, 0.1) is 0 Å². The molecule has 810 valence electrons. The van der Waals surface area contributed by atoms with E-state index < -0.39 is 460 Å². The number of rotatable bonds is 40. The first-order chi connectivity index (χ1) is 65.9. The number of nitrogens with one attached hydrogen (secondary N) is 2. The Balaban J connectivity index is 0.937. The Morgan fingerprint density at radius 2 is 0.496 bits per heavy atom.